The fourth-order valence-electron chi connectivity index (χ4n) is 3.25. The number of rotatable bonds is 6. The molecule has 146 valence electrons. The summed E-state index contributed by atoms with van der Waals surface area (Å²) in [7, 11) is 3.25. The fourth-order valence-corrected chi connectivity index (χ4v) is 3.45. The molecule has 0 saturated carbocycles. The van der Waals surface area contributed by atoms with Gasteiger partial charge in [0, 0.05) is 23.8 Å². The van der Waals surface area contributed by atoms with Crippen molar-refractivity contribution in [2.24, 2.45) is 0 Å². The number of nitrogens with one attached hydrogen (secondary N) is 2. The molecule has 1 aliphatic rings. The van der Waals surface area contributed by atoms with Crippen molar-refractivity contribution in [3.05, 3.63) is 82.0 Å². The molecule has 7 heteroatoms. The molecule has 2 aromatic carbocycles. The summed E-state index contributed by atoms with van der Waals surface area (Å²) in [6, 6.07) is 16.0. The van der Waals surface area contributed by atoms with Gasteiger partial charge in [-0.2, -0.15) is 0 Å². The van der Waals surface area contributed by atoms with Crippen molar-refractivity contribution in [1.82, 2.24) is 15.5 Å². The van der Waals surface area contributed by atoms with Crippen LogP contribution in [0.4, 0.5) is 4.79 Å². The summed E-state index contributed by atoms with van der Waals surface area (Å²) in [6.07, 6.45) is 0. The molecular formula is C21H22ClN3O3. The molecular weight excluding hydrogens is 378 g/mol. The quantitative estimate of drug-likeness (QED) is 0.731. The van der Waals surface area contributed by atoms with Gasteiger partial charge >= 0.3 is 12.0 Å². The number of nitrogens with zero attached hydrogens (tertiary/aromatic N) is 1. The topological polar surface area (TPSA) is 70.7 Å². The maximum atomic E-state index is 12.6. The predicted molar refractivity (Wildman–Crippen MR) is 108 cm³/mol. The Balaban J connectivity index is 1.93. The number of urea groups is 1. The summed E-state index contributed by atoms with van der Waals surface area (Å²) in [5, 5.41) is 6.08. The van der Waals surface area contributed by atoms with Crippen LogP contribution in [0.3, 0.4) is 0 Å². The third kappa shape index (κ3) is 4.71. The molecule has 6 nitrogen and oxygen atoms in total. The standard InChI is InChI=1S/C21H22ClN3O3/c1-25(12-14-7-4-3-5-8-14)13-17-18(20(26)28-2)19(24-21(27)23-17)15-9-6-10-16(22)11-15/h3-11,19H,12-13H2,1-2H3,(H2,23,24,27)/t19-/m1/s1. The highest BCUT2D eigenvalue weighted by Crippen LogP contribution is 2.29. The van der Waals surface area contributed by atoms with Crippen molar-refractivity contribution < 1.29 is 14.3 Å². The molecule has 2 amide bonds. The second kappa shape index (κ2) is 8.91. The summed E-state index contributed by atoms with van der Waals surface area (Å²) >= 11 is 6.10. The maximum Gasteiger partial charge on any atom is 0.338 e. The molecule has 0 aliphatic carbocycles. The van der Waals surface area contributed by atoms with E-state index >= 15 is 0 Å². The minimum absolute atomic E-state index is 0.365. The van der Waals surface area contributed by atoms with Gasteiger partial charge in [0.05, 0.1) is 18.7 Å². The Morgan fingerprint density at radius 1 is 1.14 bits per heavy atom. The van der Waals surface area contributed by atoms with E-state index in [0.29, 0.717) is 34.9 Å². The van der Waals surface area contributed by atoms with E-state index in [2.05, 4.69) is 10.6 Å². The highest BCUT2D eigenvalue weighted by Gasteiger charge is 2.33. The van der Waals surface area contributed by atoms with Gasteiger partial charge < -0.3 is 15.4 Å². The molecule has 1 heterocycles. The molecule has 1 aliphatic heterocycles. The van der Waals surface area contributed by atoms with E-state index in [1.165, 1.54) is 7.11 Å². The molecule has 0 unspecified atom stereocenters. The number of hydrogen-bond acceptors (Lipinski definition) is 4. The van der Waals surface area contributed by atoms with Crippen LogP contribution in [0.25, 0.3) is 0 Å². The first kappa shape index (κ1) is 19.9. The molecule has 0 radical (unpaired) electrons. The van der Waals surface area contributed by atoms with Crippen molar-refractivity contribution in [3.8, 4) is 0 Å². The highest BCUT2D eigenvalue weighted by molar-refractivity contribution is 6.30. The minimum atomic E-state index is -0.639. The lowest BCUT2D eigenvalue weighted by Gasteiger charge is -2.31. The van der Waals surface area contributed by atoms with Gasteiger partial charge in [-0.1, -0.05) is 54.1 Å². The molecule has 2 aromatic rings. The van der Waals surface area contributed by atoms with Gasteiger partial charge in [0.1, 0.15) is 0 Å². The van der Waals surface area contributed by atoms with Crippen LogP contribution < -0.4 is 10.6 Å². The Morgan fingerprint density at radius 2 is 1.89 bits per heavy atom. The Hall–Kier alpha value is -2.83. The van der Waals surface area contributed by atoms with Crippen molar-refractivity contribution in [1.29, 1.82) is 0 Å². The number of amides is 2. The molecule has 0 aromatic heterocycles. The first-order chi connectivity index (χ1) is 13.5. The van der Waals surface area contributed by atoms with Crippen LogP contribution >= 0.6 is 11.6 Å². The summed E-state index contributed by atoms with van der Waals surface area (Å²) in [5.74, 6) is -0.499. The van der Waals surface area contributed by atoms with Crippen LogP contribution in [0.2, 0.25) is 5.02 Å². The number of likely N-dealkylation sites (N-methyl/N-ethyl adjacent to an activating group) is 1. The first-order valence-electron chi connectivity index (χ1n) is 8.84. The molecule has 0 spiro atoms. The number of methoxy groups -OCH3 is 1. The second-order valence-electron chi connectivity index (χ2n) is 6.63. The van der Waals surface area contributed by atoms with Crippen molar-refractivity contribution in [3.63, 3.8) is 0 Å². The summed E-state index contributed by atoms with van der Waals surface area (Å²) in [6.45, 7) is 1.05. The Morgan fingerprint density at radius 3 is 2.57 bits per heavy atom. The third-order valence-electron chi connectivity index (χ3n) is 4.46. The Labute approximate surface area is 169 Å². The number of hydrogen-bond donors (Lipinski definition) is 2. The lowest BCUT2D eigenvalue weighted by molar-refractivity contribution is -0.136. The van der Waals surface area contributed by atoms with E-state index in [1.807, 2.05) is 48.3 Å². The number of esters is 1. The molecule has 1 atom stereocenters. The van der Waals surface area contributed by atoms with Gasteiger partial charge in [-0.05, 0) is 30.3 Å². The summed E-state index contributed by atoms with van der Waals surface area (Å²) in [4.78, 5) is 26.9. The largest absolute Gasteiger partial charge is 0.466 e. The van der Waals surface area contributed by atoms with Gasteiger partial charge in [0.25, 0.3) is 0 Å². The molecule has 28 heavy (non-hydrogen) atoms. The van der Waals surface area contributed by atoms with Gasteiger partial charge in [-0.15, -0.1) is 0 Å². The zero-order valence-electron chi connectivity index (χ0n) is 15.7. The van der Waals surface area contributed by atoms with E-state index in [1.54, 1.807) is 18.2 Å². The van der Waals surface area contributed by atoms with Crippen molar-refractivity contribution in [2.75, 3.05) is 20.7 Å². The van der Waals surface area contributed by atoms with Crippen LogP contribution in [-0.2, 0) is 16.1 Å². The summed E-state index contributed by atoms with van der Waals surface area (Å²) < 4.78 is 5.00. The van der Waals surface area contributed by atoms with Crippen molar-refractivity contribution >= 4 is 23.6 Å². The normalized spacial score (nSPS) is 16.6. The Bertz CT molecular complexity index is 899. The number of carbonyl (C=O) groups excluding carboxylic acids is 2. The second-order valence-corrected chi connectivity index (χ2v) is 7.06. The minimum Gasteiger partial charge on any atom is -0.466 e. The lowest BCUT2D eigenvalue weighted by Crippen LogP contribution is -2.48. The highest BCUT2D eigenvalue weighted by atomic mass is 35.5. The predicted octanol–water partition coefficient (Wildman–Crippen LogP) is 3.25. The molecule has 0 saturated heterocycles. The van der Waals surface area contributed by atoms with Gasteiger partial charge in [0.2, 0.25) is 0 Å². The Kier molecular flexibility index (Phi) is 6.34. The molecule has 0 fully saturated rings. The van der Waals surface area contributed by atoms with Crippen LogP contribution in [0, 0.1) is 0 Å². The van der Waals surface area contributed by atoms with Crippen LogP contribution in [0.5, 0.6) is 0 Å². The van der Waals surface area contributed by atoms with Crippen molar-refractivity contribution in [2.45, 2.75) is 12.6 Å². The molecule has 0 bridgehead atoms. The smallest absolute Gasteiger partial charge is 0.338 e. The van der Waals surface area contributed by atoms with E-state index in [9.17, 15) is 9.59 Å². The van der Waals surface area contributed by atoms with Crippen LogP contribution in [0.15, 0.2) is 65.9 Å². The van der Waals surface area contributed by atoms with Gasteiger partial charge in [-0.25, -0.2) is 9.59 Å². The monoisotopic (exact) mass is 399 g/mol. The van der Waals surface area contributed by atoms with Gasteiger partial charge in [0.15, 0.2) is 0 Å². The molecule has 2 N–H and O–H groups in total. The third-order valence-corrected chi connectivity index (χ3v) is 4.70. The van der Waals surface area contributed by atoms with Crippen LogP contribution in [0.1, 0.15) is 17.2 Å². The van der Waals surface area contributed by atoms with E-state index < -0.39 is 12.0 Å². The first-order valence-corrected chi connectivity index (χ1v) is 9.22. The summed E-state index contributed by atoms with van der Waals surface area (Å²) in [5.41, 5.74) is 2.73. The number of halogens is 1. The van der Waals surface area contributed by atoms with Crippen LogP contribution in [-0.4, -0.2) is 37.6 Å². The van der Waals surface area contributed by atoms with E-state index in [4.69, 9.17) is 16.3 Å². The SMILES string of the molecule is COC(=O)C1=C(CN(C)Cc2ccccc2)NC(=O)N[C@@H]1c1cccc(Cl)c1. The number of ether oxygens (including phenoxy) is 1. The number of carbonyl (C=O) groups is 2. The molecule has 3 rings (SSSR count). The van der Waals surface area contributed by atoms with E-state index in [-0.39, 0.29) is 6.03 Å². The number of benzene rings is 2. The average molecular weight is 400 g/mol. The zero-order valence-corrected chi connectivity index (χ0v) is 16.5. The maximum absolute atomic E-state index is 12.6. The van der Waals surface area contributed by atoms with Gasteiger partial charge in [-0.3, -0.25) is 4.90 Å². The fraction of sp³-hybridized carbons (Fsp3) is 0.238. The average Bonchev–Trinajstić information content (AvgIpc) is 2.67. The van der Waals surface area contributed by atoms with E-state index in [0.717, 1.165) is 5.56 Å². The zero-order chi connectivity index (χ0) is 20.1. The lowest BCUT2D eigenvalue weighted by atomic mass is 9.95.